The number of tetrazole rings is 1. The Morgan fingerprint density at radius 1 is 1.55 bits per heavy atom. The maximum atomic E-state index is 11.9. The summed E-state index contributed by atoms with van der Waals surface area (Å²) in [5, 5.41) is 22.9. The van der Waals surface area contributed by atoms with E-state index in [4.69, 9.17) is 16.7 Å². The van der Waals surface area contributed by atoms with Crippen LogP contribution in [0, 0.1) is 0 Å². The highest BCUT2D eigenvalue weighted by atomic mass is 35.5. The Bertz CT molecular complexity index is 586. The fourth-order valence-electron chi connectivity index (χ4n) is 1.60. The first kappa shape index (κ1) is 14.4. The molecule has 0 aliphatic carbocycles. The molecule has 1 atom stereocenters. The van der Waals surface area contributed by atoms with E-state index in [-0.39, 0.29) is 5.91 Å². The molecule has 8 heteroatoms. The minimum absolute atomic E-state index is 0.279. The van der Waals surface area contributed by atoms with Crippen molar-refractivity contribution in [2.75, 3.05) is 6.54 Å². The van der Waals surface area contributed by atoms with Crippen molar-refractivity contribution in [2.45, 2.75) is 19.4 Å². The van der Waals surface area contributed by atoms with E-state index in [0.29, 0.717) is 29.2 Å². The van der Waals surface area contributed by atoms with E-state index in [9.17, 15) is 4.79 Å². The Morgan fingerprint density at radius 2 is 2.35 bits per heavy atom. The maximum Gasteiger partial charge on any atom is 0.252 e. The first-order chi connectivity index (χ1) is 9.58. The summed E-state index contributed by atoms with van der Waals surface area (Å²) in [6, 6.07) is 4.92. The first-order valence-corrected chi connectivity index (χ1v) is 6.45. The van der Waals surface area contributed by atoms with Crippen LogP contribution in [0.1, 0.15) is 23.7 Å². The van der Waals surface area contributed by atoms with E-state index in [1.54, 1.807) is 25.1 Å². The molecule has 2 N–H and O–H groups in total. The average Bonchev–Trinajstić information content (AvgIpc) is 2.91. The van der Waals surface area contributed by atoms with Crippen molar-refractivity contribution in [3.8, 4) is 5.69 Å². The number of nitrogens with one attached hydrogen (secondary N) is 1. The summed E-state index contributed by atoms with van der Waals surface area (Å²) < 4.78 is 1.45. The molecule has 0 spiro atoms. The monoisotopic (exact) mass is 295 g/mol. The highest BCUT2D eigenvalue weighted by Gasteiger charge is 2.11. The minimum Gasteiger partial charge on any atom is -0.393 e. The topological polar surface area (TPSA) is 92.9 Å². The molecule has 1 unspecified atom stereocenters. The summed E-state index contributed by atoms with van der Waals surface area (Å²) in [4.78, 5) is 11.9. The summed E-state index contributed by atoms with van der Waals surface area (Å²) in [7, 11) is 0. The Morgan fingerprint density at radius 3 is 2.95 bits per heavy atom. The molecule has 2 aromatic rings. The van der Waals surface area contributed by atoms with Crippen molar-refractivity contribution in [1.82, 2.24) is 25.5 Å². The van der Waals surface area contributed by atoms with E-state index >= 15 is 0 Å². The van der Waals surface area contributed by atoms with Gasteiger partial charge in [-0.05, 0) is 42.0 Å². The predicted octanol–water partition coefficient (Wildman–Crippen LogP) is 0.816. The van der Waals surface area contributed by atoms with Crippen molar-refractivity contribution in [3.05, 3.63) is 35.1 Å². The Hall–Kier alpha value is -1.99. The lowest BCUT2D eigenvalue weighted by molar-refractivity contribution is 0.0945. The van der Waals surface area contributed by atoms with Gasteiger partial charge in [-0.15, -0.1) is 5.10 Å². The van der Waals surface area contributed by atoms with Crippen LogP contribution in [0.4, 0.5) is 0 Å². The zero-order valence-electron chi connectivity index (χ0n) is 10.8. The molecule has 0 fully saturated rings. The third-order valence-corrected chi connectivity index (χ3v) is 2.97. The lowest BCUT2D eigenvalue weighted by Crippen LogP contribution is -2.26. The molecular formula is C12H14ClN5O2. The summed E-state index contributed by atoms with van der Waals surface area (Å²) in [5.41, 5.74) is 1.04. The smallest absolute Gasteiger partial charge is 0.252 e. The van der Waals surface area contributed by atoms with Crippen molar-refractivity contribution < 1.29 is 9.90 Å². The number of aromatic nitrogens is 4. The number of carbonyl (C=O) groups is 1. The van der Waals surface area contributed by atoms with Crippen LogP contribution in [0.25, 0.3) is 5.69 Å². The van der Waals surface area contributed by atoms with Gasteiger partial charge in [0.1, 0.15) is 6.33 Å². The molecule has 2 rings (SSSR count). The molecule has 1 aromatic heterocycles. The molecule has 1 amide bonds. The van der Waals surface area contributed by atoms with Crippen molar-refractivity contribution >= 4 is 17.5 Å². The Balaban J connectivity index is 2.08. The van der Waals surface area contributed by atoms with E-state index in [0.717, 1.165) is 0 Å². The number of aliphatic hydroxyl groups excluding tert-OH is 1. The number of hydrogen-bond donors (Lipinski definition) is 2. The normalized spacial score (nSPS) is 12.2. The molecule has 7 nitrogen and oxygen atoms in total. The van der Waals surface area contributed by atoms with E-state index in [1.807, 2.05) is 0 Å². The molecule has 1 heterocycles. The largest absolute Gasteiger partial charge is 0.393 e. The standard InChI is InChI=1S/C12H14ClN5O2/c1-8(19)4-5-14-12(20)10-3-2-9(6-11(10)13)18-7-15-16-17-18/h2-3,6-8,19H,4-5H2,1H3,(H,14,20). The minimum atomic E-state index is -0.451. The number of amides is 1. The third kappa shape index (κ3) is 3.52. The first-order valence-electron chi connectivity index (χ1n) is 6.07. The SMILES string of the molecule is CC(O)CCNC(=O)c1ccc(-n2cnnn2)cc1Cl. The van der Waals surface area contributed by atoms with Gasteiger partial charge in [-0.25, -0.2) is 4.68 Å². The second kappa shape index (κ2) is 6.44. The summed E-state index contributed by atoms with van der Waals surface area (Å²) in [5.74, 6) is -0.279. The van der Waals surface area contributed by atoms with Crippen LogP contribution in [-0.4, -0.2) is 43.9 Å². The molecule has 20 heavy (non-hydrogen) atoms. The molecule has 0 aliphatic rings. The van der Waals surface area contributed by atoms with E-state index in [1.165, 1.54) is 11.0 Å². The molecule has 0 radical (unpaired) electrons. The lowest BCUT2D eigenvalue weighted by atomic mass is 10.2. The quantitative estimate of drug-likeness (QED) is 0.852. The number of rotatable bonds is 5. The molecule has 0 saturated heterocycles. The van der Waals surface area contributed by atoms with Crippen molar-refractivity contribution in [2.24, 2.45) is 0 Å². The summed E-state index contributed by atoms with van der Waals surface area (Å²) in [6.07, 6.45) is 1.48. The average molecular weight is 296 g/mol. The highest BCUT2D eigenvalue weighted by molar-refractivity contribution is 6.34. The Kier molecular flexibility index (Phi) is 4.65. The third-order valence-electron chi connectivity index (χ3n) is 2.66. The van der Waals surface area contributed by atoms with Gasteiger partial charge in [0, 0.05) is 6.54 Å². The van der Waals surface area contributed by atoms with Crippen LogP contribution >= 0.6 is 11.6 Å². The van der Waals surface area contributed by atoms with E-state index < -0.39 is 6.10 Å². The van der Waals surface area contributed by atoms with Crippen LogP contribution in [0.3, 0.4) is 0 Å². The van der Waals surface area contributed by atoms with Gasteiger partial charge >= 0.3 is 0 Å². The number of halogens is 1. The van der Waals surface area contributed by atoms with Gasteiger partial charge in [0.05, 0.1) is 22.4 Å². The lowest BCUT2D eigenvalue weighted by Gasteiger charge is -2.09. The van der Waals surface area contributed by atoms with Gasteiger partial charge < -0.3 is 10.4 Å². The number of hydrogen-bond acceptors (Lipinski definition) is 5. The molecule has 0 aliphatic heterocycles. The van der Waals surface area contributed by atoms with Crippen LogP contribution in [-0.2, 0) is 0 Å². The van der Waals surface area contributed by atoms with Crippen LogP contribution in [0.15, 0.2) is 24.5 Å². The molecule has 0 saturated carbocycles. The molecule has 0 bridgehead atoms. The molecule has 1 aromatic carbocycles. The van der Waals surface area contributed by atoms with E-state index in [2.05, 4.69) is 20.8 Å². The fourth-order valence-corrected chi connectivity index (χ4v) is 1.86. The number of carbonyl (C=O) groups excluding carboxylic acids is 1. The Labute approximate surface area is 120 Å². The van der Waals surface area contributed by atoms with Crippen LogP contribution < -0.4 is 5.32 Å². The second-order valence-electron chi connectivity index (χ2n) is 4.31. The number of nitrogens with zero attached hydrogens (tertiary/aromatic N) is 4. The van der Waals surface area contributed by atoms with Gasteiger partial charge in [-0.2, -0.15) is 0 Å². The summed E-state index contributed by atoms with van der Waals surface area (Å²) in [6.45, 7) is 2.06. The second-order valence-corrected chi connectivity index (χ2v) is 4.72. The van der Waals surface area contributed by atoms with Crippen molar-refractivity contribution in [3.63, 3.8) is 0 Å². The van der Waals surface area contributed by atoms with Gasteiger partial charge in [0.25, 0.3) is 5.91 Å². The van der Waals surface area contributed by atoms with Crippen molar-refractivity contribution in [1.29, 1.82) is 0 Å². The van der Waals surface area contributed by atoms with Crippen LogP contribution in [0.2, 0.25) is 5.02 Å². The van der Waals surface area contributed by atoms with Gasteiger partial charge in [0.2, 0.25) is 0 Å². The van der Waals surface area contributed by atoms with Gasteiger partial charge in [-0.3, -0.25) is 4.79 Å². The number of aliphatic hydroxyl groups is 1. The molecular weight excluding hydrogens is 282 g/mol. The molecule has 106 valence electrons. The maximum absolute atomic E-state index is 11.9. The fraction of sp³-hybridized carbons (Fsp3) is 0.333. The van der Waals surface area contributed by atoms with Crippen LogP contribution in [0.5, 0.6) is 0 Å². The zero-order valence-corrected chi connectivity index (χ0v) is 11.6. The van der Waals surface area contributed by atoms with Gasteiger partial charge in [0.15, 0.2) is 0 Å². The zero-order chi connectivity index (χ0) is 14.5. The predicted molar refractivity (Wildman–Crippen MR) is 72.8 cm³/mol. The summed E-state index contributed by atoms with van der Waals surface area (Å²) >= 11 is 6.09. The number of benzene rings is 1. The highest BCUT2D eigenvalue weighted by Crippen LogP contribution is 2.19. The van der Waals surface area contributed by atoms with Gasteiger partial charge in [-0.1, -0.05) is 11.6 Å².